The van der Waals surface area contributed by atoms with Crippen LogP contribution in [0.5, 0.6) is 0 Å². The zero-order chi connectivity index (χ0) is 17.1. The topological polar surface area (TPSA) is 77.0 Å². The van der Waals surface area contributed by atoms with Gasteiger partial charge in [-0.15, -0.1) is 12.4 Å². The van der Waals surface area contributed by atoms with Crippen LogP contribution in [0.1, 0.15) is 23.3 Å². The average Bonchev–Trinajstić information content (AvgIpc) is 3.19. The van der Waals surface area contributed by atoms with Gasteiger partial charge in [0, 0.05) is 43.3 Å². The maximum Gasteiger partial charge on any atom is 0.270 e. The molecule has 1 aliphatic heterocycles. The first-order valence-corrected chi connectivity index (χ1v) is 8.36. The summed E-state index contributed by atoms with van der Waals surface area (Å²) in [4.78, 5) is 25.3. The highest BCUT2D eigenvalue weighted by Gasteiger charge is 2.18. The van der Waals surface area contributed by atoms with E-state index in [0.29, 0.717) is 12.2 Å². The van der Waals surface area contributed by atoms with Crippen LogP contribution in [0.15, 0.2) is 49.1 Å². The summed E-state index contributed by atoms with van der Waals surface area (Å²) in [7, 11) is 0. The molecule has 3 aromatic heterocycles. The van der Waals surface area contributed by atoms with Crippen LogP contribution in [-0.4, -0.2) is 40.1 Å². The molecule has 1 fully saturated rings. The highest BCUT2D eigenvalue weighted by molar-refractivity contribution is 6.00. The lowest BCUT2D eigenvalue weighted by Gasteiger charge is -2.12. The van der Waals surface area contributed by atoms with Gasteiger partial charge in [-0.05, 0) is 48.2 Å². The molecule has 0 radical (unpaired) electrons. The summed E-state index contributed by atoms with van der Waals surface area (Å²) in [6.45, 7) is 1.29. The van der Waals surface area contributed by atoms with Gasteiger partial charge in [-0.1, -0.05) is 0 Å². The Balaban J connectivity index is 0.00000196. The number of fused-ring (bicyclic) bond motifs is 1. The molecule has 4 heterocycles. The second-order valence-corrected chi connectivity index (χ2v) is 6.03. The summed E-state index contributed by atoms with van der Waals surface area (Å²) in [5, 5.41) is 3.84. The fourth-order valence-electron chi connectivity index (χ4n) is 3.06. The number of hydrogen-bond donors (Lipinski definition) is 1. The van der Waals surface area contributed by atoms with Gasteiger partial charge < -0.3 is 10.1 Å². The smallest absolute Gasteiger partial charge is 0.270 e. The summed E-state index contributed by atoms with van der Waals surface area (Å²) < 4.78 is 5.55. The van der Waals surface area contributed by atoms with Crippen molar-refractivity contribution < 1.29 is 9.53 Å². The molecule has 4 rings (SSSR count). The largest absolute Gasteiger partial charge is 0.376 e. The second kappa shape index (κ2) is 8.21. The first kappa shape index (κ1) is 18.2. The monoisotopic (exact) mass is 370 g/mol. The van der Waals surface area contributed by atoms with Gasteiger partial charge in [-0.25, -0.2) is 4.98 Å². The van der Waals surface area contributed by atoms with Crippen LogP contribution in [0, 0.1) is 0 Å². The van der Waals surface area contributed by atoms with Crippen LogP contribution >= 0.6 is 12.4 Å². The van der Waals surface area contributed by atoms with Crippen molar-refractivity contribution in [2.75, 3.05) is 13.2 Å². The molecule has 134 valence electrons. The molecule has 6 nitrogen and oxygen atoms in total. The molecule has 1 saturated heterocycles. The van der Waals surface area contributed by atoms with Crippen LogP contribution in [0.4, 0.5) is 0 Å². The normalized spacial score (nSPS) is 16.2. The number of halogens is 1. The number of ether oxygens (including phenoxy) is 1. The summed E-state index contributed by atoms with van der Waals surface area (Å²) in [6, 6.07) is 7.45. The number of rotatable bonds is 4. The minimum absolute atomic E-state index is 0. The number of nitrogens with zero attached hydrogens (tertiary/aromatic N) is 3. The lowest BCUT2D eigenvalue weighted by Crippen LogP contribution is -2.32. The van der Waals surface area contributed by atoms with E-state index in [9.17, 15) is 4.79 Å². The molecule has 3 aromatic rings. The van der Waals surface area contributed by atoms with Gasteiger partial charge in [0.25, 0.3) is 5.91 Å². The highest BCUT2D eigenvalue weighted by atomic mass is 35.5. The maximum atomic E-state index is 12.6. The van der Waals surface area contributed by atoms with Gasteiger partial charge >= 0.3 is 0 Å². The third-order valence-corrected chi connectivity index (χ3v) is 4.35. The lowest BCUT2D eigenvalue weighted by molar-refractivity contribution is 0.0854. The standard InChI is InChI=1S/C19H18N4O2.ClH/c24-19(22-11-14-2-1-9-25-14)18-10-15(13-3-6-20-7-4-13)16-12-21-8-5-17(16)23-18;/h3-8,10,12,14H,1-2,9,11H2,(H,22,24);1H. The molecule has 0 aliphatic carbocycles. The third kappa shape index (κ3) is 3.81. The number of nitrogens with one attached hydrogen (secondary N) is 1. The third-order valence-electron chi connectivity index (χ3n) is 4.35. The molecule has 26 heavy (non-hydrogen) atoms. The molecule has 1 unspecified atom stereocenters. The fourth-order valence-corrected chi connectivity index (χ4v) is 3.06. The molecule has 0 spiro atoms. The predicted molar refractivity (Wildman–Crippen MR) is 101 cm³/mol. The van der Waals surface area contributed by atoms with Crippen molar-refractivity contribution in [1.29, 1.82) is 0 Å². The number of carbonyl (C=O) groups is 1. The van der Waals surface area contributed by atoms with E-state index >= 15 is 0 Å². The number of pyridine rings is 3. The number of hydrogen-bond acceptors (Lipinski definition) is 5. The summed E-state index contributed by atoms with van der Waals surface area (Å²) in [6.07, 6.45) is 9.05. The van der Waals surface area contributed by atoms with E-state index in [1.807, 2.05) is 24.3 Å². The van der Waals surface area contributed by atoms with Crippen molar-refractivity contribution in [3.05, 3.63) is 54.7 Å². The predicted octanol–water partition coefficient (Wildman–Crippen LogP) is 3.02. The SMILES string of the molecule is Cl.O=C(NCC1CCCO1)c1cc(-c2ccncc2)c2cnccc2n1. The van der Waals surface area contributed by atoms with Crippen LogP contribution in [0.25, 0.3) is 22.0 Å². The van der Waals surface area contributed by atoms with Gasteiger partial charge in [0.05, 0.1) is 11.6 Å². The van der Waals surface area contributed by atoms with Gasteiger partial charge in [-0.3, -0.25) is 14.8 Å². The summed E-state index contributed by atoms with van der Waals surface area (Å²) in [5.74, 6) is -0.190. The Kier molecular flexibility index (Phi) is 5.75. The Bertz CT molecular complexity index is 898. The van der Waals surface area contributed by atoms with Crippen LogP contribution < -0.4 is 5.32 Å². The van der Waals surface area contributed by atoms with Crippen molar-refractivity contribution in [3.8, 4) is 11.1 Å². The molecule has 0 saturated carbocycles. The number of carbonyl (C=O) groups excluding carboxylic acids is 1. The Morgan fingerprint density at radius 3 is 2.77 bits per heavy atom. The van der Waals surface area contributed by atoms with Crippen LogP contribution in [0.2, 0.25) is 0 Å². The van der Waals surface area contributed by atoms with Gasteiger partial charge in [0.2, 0.25) is 0 Å². The molecule has 7 heteroatoms. The zero-order valence-corrected chi connectivity index (χ0v) is 14.9. The quantitative estimate of drug-likeness (QED) is 0.763. The van der Waals surface area contributed by atoms with Gasteiger partial charge in [-0.2, -0.15) is 0 Å². The maximum absolute atomic E-state index is 12.6. The van der Waals surface area contributed by atoms with E-state index in [2.05, 4.69) is 20.3 Å². The fraction of sp³-hybridized carbons (Fsp3) is 0.263. The summed E-state index contributed by atoms with van der Waals surface area (Å²) in [5.41, 5.74) is 3.03. The van der Waals surface area contributed by atoms with Crippen molar-refractivity contribution in [2.24, 2.45) is 0 Å². The Morgan fingerprint density at radius 2 is 2.00 bits per heavy atom. The second-order valence-electron chi connectivity index (χ2n) is 6.03. The van der Waals surface area contributed by atoms with Crippen molar-refractivity contribution in [2.45, 2.75) is 18.9 Å². The first-order valence-electron chi connectivity index (χ1n) is 8.36. The van der Waals surface area contributed by atoms with Crippen molar-refractivity contribution in [3.63, 3.8) is 0 Å². The van der Waals surface area contributed by atoms with Crippen molar-refractivity contribution in [1.82, 2.24) is 20.3 Å². The molecule has 0 bridgehead atoms. The number of amides is 1. The molecular weight excluding hydrogens is 352 g/mol. The molecule has 1 N–H and O–H groups in total. The van der Waals surface area contributed by atoms with Crippen LogP contribution in [0.3, 0.4) is 0 Å². The molecular formula is C19H19ClN4O2. The molecule has 1 aliphatic rings. The van der Waals surface area contributed by atoms with E-state index in [4.69, 9.17) is 4.74 Å². The molecule has 1 atom stereocenters. The van der Waals surface area contributed by atoms with Crippen LogP contribution in [-0.2, 0) is 4.74 Å². The van der Waals surface area contributed by atoms with E-state index in [0.717, 1.165) is 41.5 Å². The Hall–Kier alpha value is -2.57. The van der Waals surface area contributed by atoms with E-state index in [-0.39, 0.29) is 24.4 Å². The minimum atomic E-state index is -0.190. The first-order chi connectivity index (χ1) is 12.3. The number of aromatic nitrogens is 3. The minimum Gasteiger partial charge on any atom is -0.376 e. The molecule has 1 amide bonds. The van der Waals surface area contributed by atoms with Gasteiger partial charge in [0.15, 0.2) is 0 Å². The van der Waals surface area contributed by atoms with E-state index in [1.165, 1.54) is 0 Å². The molecule has 0 aromatic carbocycles. The lowest BCUT2D eigenvalue weighted by atomic mass is 10.0. The van der Waals surface area contributed by atoms with E-state index < -0.39 is 0 Å². The van der Waals surface area contributed by atoms with Gasteiger partial charge in [0.1, 0.15) is 5.69 Å². The summed E-state index contributed by atoms with van der Waals surface area (Å²) >= 11 is 0. The highest BCUT2D eigenvalue weighted by Crippen LogP contribution is 2.27. The average molecular weight is 371 g/mol. The van der Waals surface area contributed by atoms with E-state index in [1.54, 1.807) is 24.8 Å². The Labute approximate surface area is 157 Å². The Morgan fingerprint density at radius 1 is 1.19 bits per heavy atom. The zero-order valence-electron chi connectivity index (χ0n) is 14.1. The van der Waals surface area contributed by atoms with Crippen molar-refractivity contribution >= 4 is 29.2 Å².